The Morgan fingerprint density at radius 3 is 1.95 bits per heavy atom. The van der Waals surface area contributed by atoms with Crippen molar-refractivity contribution in [3.05, 3.63) is 35.4 Å². The second kappa shape index (κ2) is 3.45. The van der Waals surface area contributed by atoms with Crippen LogP contribution in [0.2, 0.25) is 0 Å². The molecule has 0 spiro atoms. The van der Waals surface area contributed by atoms with Gasteiger partial charge in [-0.05, 0) is 73.2 Å². The first kappa shape index (κ1) is 12.0. The molecule has 4 aliphatic rings. The molecule has 102 valence electrons. The van der Waals surface area contributed by atoms with Crippen molar-refractivity contribution < 1.29 is 0 Å². The molecular weight excluding hydrogens is 228 g/mol. The third-order valence-corrected chi connectivity index (χ3v) is 6.29. The van der Waals surface area contributed by atoms with Crippen molar-refractivity contribution in [1.82, 2.24) is 0 Å². The molecule has 4 aliphatic carbocycles. The Labute approximate surface area is 117 Å². The van der Waals surface area contributed by atoms with E-state index < -0.39 is 0 Å². The van der Waals surface area contributed by atoms with Crippen molar-refractivity contribution in [3.63, 3.8) is 0 Å². The molecule has 0 radical (unpaired) electrons. The lowest BCUT2D eigenvalue weighted by Crippen LogP contribution is -2.56. The molecule has 4 saturated carbocycles. The quantitative estimate of drug-likeness (QED) is 0.642. The van der Waals surface area contributed by atoms with Crippen LogP contribution in [0.5, 0.6) is 0 Å². The lowest BCUT2D eigenvalue weighted by atomic mass is 9.39. The van der Waals surface area contributed by atoms with Gasteiger partial charge in [-0.2, -0.15) is 0 Å². The first-order valence-corrected chi connectivity index (χ1v) is 7.98. The molecule has 2 atom stereocenters. The lowest BCUT2D eigenvalue weighted by molar-refractivity contribution is -0.110. The molecule has 0 saturated heterocycles. The van der Waals surface area contributed by atoms with Crippen LogP contribution < -0.4 is 0 Å². The SMILES string of the molecule is Cc1ccc(C23CC4CC(C)(CC(C)(C4)C2)C3)cc1. The normalized spacial score (nSPS) is 47.6. The molecular formula is C19H26. The van der Waals surface area contributed by atoms with Crippen molar-refractivity contribution >= 4 is 0 Å². The molecule has 4 fully saturated rings. The fourth-order valence-electron chi connectivity index (χ4n) is 6.68. The Hall–Kier alpha value is -0.780. The standard InChI is InChI=1S/C19H26/c1-14-4-6-16(7-5-14)19-10-15-8-17(2,12-19)11-18(3,9-15)13-19/h4-7,15H,8-13H2,1-3H3. The Morgan fingerprint density at radius 2 is 1.42 bits per heavy atom. The van der Waals surface area contributed by atoms with Gasteiger partial charge in [0.25, 0.3) is 0 Å². The summed E-state index contributed by atoms with van der Waals surface area (Å²) in [7, 11) is 0. The first-order valence-electron chi connectivity index (χ1n) is 7.98. The van der Waals surface area contributed by atoms with E-state index in [0.717, 1.165) is 5.92 Å². The van der Waals surface area contributed by atoms with E-state index in [1.54, 1.807) is 5.56 Å². The number of aryl methyl sites for hydroxylation is 1. The Kier molecular flexibility index (Phi) is 2.18. The molecule has 0 heterocycles. The molecule has 4 bridgehead atoms. The molecule has 0 nitrogen and oxygen atoms in total. The van der Waals surface area contributed by atoms with Gasteiger partial charge < -0.3 is 0 Å². The average molecular weight is 254 g/mol. The molecule has 2 unspecified atom stereocenters. The van der Waals surface area contributed by atoms with Crippen molar-refractivity contribution in [1.29, 1.82) is 0 Å². The summed E-state index contributed by atoms with van der Waals surface area (Å²) >= 11 is 0. The summed E-state index contributed by atoms with van der Waals surface area (Å²) in [6.07, 6.45) is 8.81. The van der Waals surface area contributed by atoms with Crippen molar-refractivity contribution in [2.45, 2.75) is 64.7 Å². The van der Waals surface area contributed by atoms with Gasteiger partial charge >= 0.3 is 0 Å². The number of benzene rings is 1. The van der Waals surface area contributed by atoms with Gasteiger partial charge in [0.1, 0.15) is 0 Å². The van der Waals surface area contributed by atoms with Crippen molar-refractivity contribution in [2.24, 2.45) is 16.7 Å². The van der Waals surface area contributed by atoms with E-state index in [1.807, 2.05) is 0 Å². The van der Waals surface area contributed by atoms with Crippen LogP contribution >= 0.6 is 0 Å². The molecule has 5 rings (SSSR count). The second-order valence-electron chi connectivity index (χ2n) is 8.78. The van der Waals surface area contributed by atoms with Crippen molar-refractivity contribution in [3.8, 4) is 0 Å². The zero-order chi connectivity index (χ0) is 13.3. The molecule has 19 heavy (non-hydrogen) atoms. The van der Waals surface area contributed by atoms with Gasteiger partial charge in [0.05, 0.1) is 0 Å². The van der Waals surface area contributed by atoms with Crippen LogP contribution in [-0.2, 0) is 5.41 Å². The number of hydrogen-bond acceptors (Lipinski definition) is 0. The van der Waals surface area contributed by atoms with E-state index in [2.05, 4.69) is 45.0 Å². The summed E-state index contributed by atoms with van der Waals surface area (Å²) in [5.74, 6) is 0.993. The van der Waals surface area contributed by atoms with E-state index in [9.17, 15) is 0 Å². The van der Waals surface area contributed by atoms with Crippen LogP contribution in [0.1, 0.15) is 63.5 Å². The minimum absolute atomic E-state index is 0.511. The second-order valence-corrected chi connectivity index (χ2v) is 8.78. The minimum Gasteiger partial charge on any atom is -0.0596 e. The maximum absolute atomic E-state index is 2.57. The lowest BCUT2D eigenvalue weighted by Gasteiger charge is -2.65. The maximum Gasteiger partial charge on any atom is -0.00340 e. The van der Waals surface area contributed by atoms with E-state index in [-0.39, 0.29) is 0 Å². The van der Waals surface area contributed by atoms with Gasteiger partial charge in [-0.15, -0.1) is 0 Å². The van der Waals surface area contributed by atoms with Gasteiger partial charge in [0.2, 0.25) is 0 Å². The van der Waals surface area contributed by atoms with Gasteiger partial charge in [0, 0.05) is 0 Å². The highest BCUT2D eigenvalue weighted by atomic mass is 14.6. The Balaban J connectivity index is 1.80. The molecule has 1 aromatic rings. The Bertz CT molecular complexity index is 491. The van der Waals surface area contributed by atoms with Crippen LogP contribution in [0.4, 0.5) is 0 Å². The molecule has 0 N–H and O–H groups in total. The monoisotopic (exact) mass is 254 g/mol. The average Bonchev–Trinajstić information content (AvgIpc) is 2.24. The third-order valence-electron chi connectivity index (χ3n) is 6.29. The van der Waals surface area contributed by atoms with Crippen LogP contribution in [-0.4, -0.2) is 0 Å². The van der Waals surface area contributed by atoms with Crippen LogP contribution in [0.15, 0.2) is 24.3 Å². The zero-order valence-corrected chi connectivity index (χ0v) is 12.6. The third kappa shape index (κ3) is 1.72. The molecule has 0 heteroatoms. The number of hydrogen-bond donors (Lipinski definition) is 0. The molecule has 0 amide bonds. The van der Waals surface area contributed by atoms with E-state index in [4.69, 9.17) is 0 Å². The highest BCUT2D eigenvalue weighted by Gasteiger charge is 2.60. The fraction of sp³-hybridized carbons (Fsp3) is 0.684. The summed E-state index contributed by atoms with van der Waals surface area (Å²) in [5.41, 5.74) is 4.79. The summed E-state index contributed by atoms with van der Waals surface area (Å²) < 4.78 is 0. The van der Waals surface area contributed by atoms with Gasteiger partial charge in [-0.1, -0.05) is 43.7 Å². The summed E-state index contributed by atoms with van der Waals surface area (Å²) in [5, 5.41) is 0. The minimum atomic E-state index is 0.511. The Morgan fingerprint density at radius 1 is 0.842 bits per heavy atom. The summed E-state index contributed by atoms with van der Waals surface area (Å²) in [4.78, 5) is 0. The number of rotatable bonds is 1. The van der Waals surface area contributed by atoms with Crippen molar-refractivity contribution in [2.75, 3.05) is 0 Å². The smallest absolute Gasteiger partial charge is 0.00340 e. The van der Waals surface area contributed by atoms with Gasteiger partial charge in [-0.25, -0.2) is 0 Å². The molecule has 0 aliphatic heterocycles. The van der Waals surface area contributed by atoms with E-state index >= 15 is 0 Å². The molecule has 1 aromatic carbocycles. The van der Waals surface area contributed by atoms with Crippen LogP contribution in [0, 0.1) is 23.7 Å². The van der Waals surface area contributed by atoms with Gasteiger partial charge in [-0.3, -0.25) is 0 Å². The van der Waals surface area contributed by atoms with Crippen LogP contribution in [0.3, 0.4) is 0 Å². The highest BCUT2D eigenvalue weighted by Crippen LogP contribution is 2.69. The zero-order valence-electron chi connectivity index (χ0n) is 12.6. The first-order chi connectivity index (χ1) is 8.91. The predicted molar refractivity (Wildman–Crippen MR) is 80.3 cm³/mol. The van der Waals surface area contributed by atoms with Gasteiger partial charge in [0.15, 0.2) is 0 Å². The fourth-order valence-corrected chi connectivity index (χ4v) is 6.68. The van der Waals surface area contributed by atoms with Crippen LogP contribution in [0.25, 0.3) is 0 Å². The largest absolute Gasteiger partial charge is 0.0596 e. The molecule has 0 aromatic heterocycles. The highest BCUT2D eigenvalue weighted by molar-refractivity contribution is 5.33. The van der Waals surface area contributed by atoms with E-state index in [0.29, 0.717) is 16.2 Å². The van der Waals surface area contributed by atoms with E-state index in [1.165, 1.54) is 44.1 Å². The predicted octanol–water partition coefficient (Wildman–Crippen LogP) is 5.24. The summed E-state index contributed by atoms with van der Waals surface area (Å²) in [6, 6.07) is 9.49. The topological polar surface area (TPSA) is 0 Å². The maximum atomic E-state index is 2.57. The summed E-state index contributed by atoms with van der Waals surface area (Å²) in [6.45, 7) is 7.34.